The average molecular weight is 946 g/mol. The Morgan fingerprint density at radius 1 is 0.479 bits per heavy atom. The molecule has 73 heavy (non-hydrogen) atoms. The van der Waals surface area contributed by atoms with Gasteiger partial charge in [0.05, 0.1) is 11.2 Å². The number of para-hydroxylation sites is 3. The Labute approximate surface area is 427 Å². The van der Waals surface area contributed by atoms with Crippen molar-refractivity contribution in [2.24, 2.45) is 0 Å². The fourth-order valence-corrected chi connectivity index (χ4v) is 14.0. The summed E-state index contributed by atoms with van der Waals surface area (Å²) in [4.78, 5) is 7.85. The molecule has 6 heteroatoms. The van der Waals surface area contributed by atoms with E-state index in [0.29, 0.717) is 0 Å². The summed E-state index contributed by atoms with van der Waals surface area (Å²) < 4.78 is 13.4. The number of aryl methyl sites for hydroxylation is 1. The van der Waals surface area contributed by atoms with Crippen LogP contribution in [0.4, 0.5) is 45.5 Å². The van der Waals surface area contributed by atoms with Crippen molar-refractivity contribution in [1.29, 1.82) is 0 Å². The third-order valence-electron chi connectivity index (χ3n) is 17.8. The summed E-state index contributed by atoms with van der Waals surface area (Å²) in [5.41, 5.74) is 23.1. The van der Waals surface area contributed by atoms with Crippen molar-refractivity contribution in [3.63, 3.8) is 0 Å². The van der Waals surface area contributed by atoms with Crippen molar-refractivity contribution in [3.8, 4) is 11.1 Å². The molecule has 9 aromatic carbocycles. The van der Waals surface area contributed by atoms with Gasteiger partial charge in [-0.05, 0) is 155 Å². The number of hydrogen-bond acceptors (Lipinski definition) is 5. The maximum absolute atomic E-state index is 7.01. The molecule has 2 atom stereocenters. The van der Waals surface area contributed by atoms with Crippen LogP contribution in [-0.4, -0.2) is 12.3 Å². The summed E-state index contributed by atoms with van der Waals surface area (Å²) in [5, 5.41) is 4.48. The van der Waals surface area contributed by atoms with Crippen LogP contribution in [0.3, 0.4) is 0 Å². The van der Waals surface area contributed by atoms with Crippen LogP contribution in [0.15, 0.2) is 191 Å². The standard InChI is InChI=1S/C67H56BN3O2/c1-41-35-58-63-59(36-41)70(55-22-16-21-49-47-19-10-13-24-61(47)73-64(49)55)57-40-46(71-54-31-25-43(42-17-8-7-9-18-42)37-51(54)66(5)33-14-15-34-67(66,71)6)27-30-53(57)68(63)52-29-26-44(65(2,3)4)38-56(52)69(58)45-28-32-62-50(39-45)48-20-11-12-23-60(48)72-62/h7-13,16-32,35-40H,14-15,33-34H2,1-6H3. The third-order valence-corrected chi connectivity index (χ3v) is 17.8. The molecule has 15 rings (SSSR count). The van der Waals surface area contributed by atoms with Crippen LogP contribution in [0.5, 0.6) is 0 Å². The zero-order valence-electron chi connectivity index (χ0n) is 42.4. The lowest BCUT2D eigenvalue weighted by Gasteiger charge is -2.50. The first-order valence-corrected chi connectivity index (χ1v) is 26.3. The first kappa shape index (κ1) is 42.7. The Balaban J connectivity index is 1.01. The molecule has 0 spiro atoms. The first-order chi connectivity index (χ1) is 35.5. The van der Waals surface area contributed by atoms with Gasteiger partial charge >= 0.3 is 0 Å². The van der Waals surface area contributed by atoms with Crippen LogP contribution in [0, 0.1) is 6.92 Å². The van der Waals surface area contributed by atoms with Crippen LogP contribution in [0.2, 0.25) is 0 Å². The molecule has 354 valence electrons. The van der Waals surface area contributed by atoms with Gasteiger partial charge in [-0.15, -0.1) is 0 Å². The summed E-state index contributed by atoms with van der Waals surface area (Å²) in [5.74, 6) is 0. The van der Waals surface area contributed by atoms with E-state index in [2.05, 4.69) is 238 Å². The average Bonchev–Trinajstić information content (AvgIpc) is 4.04. The second kappa shape index (κ2) is 15.1. The number of fused-ring (bicyclic) bond motifs is 13. The van der Waals surface area contributed by atoms with Crippen molar-refractivity contribution < 1.29 is 8.83 Å². The van der Waals surface area contributed by atoms with E-state index >= 15 is 0 Å². The van der Waals surface area contributed by atoms with Gasteiger partial charge in [0.2, 0.25) is 0 Å². The van der Waals surface area contributed by atoms with E-state index in [1.807, 2.05) is 0 Å². The Morgan fingerprint density at radius 2 is 1.14 bits per heavy atom. The second-order valence-corrected chi connectivity index (χ2v) is 22.9. The Hall–Kier alpha value is -7.96. The van der Waals surface area contributed by atoms with Crippen LogP contribution < -0.4 is 31.1 Å². The van der Waals surface area contributed by atoms with Crippen molar-refractivity contribution in [2.75, 3.05) is 14.7 Å². The maximum atomic E-state index is 7.01. The Morgan fingerprint density at radius 3 is 1.93 bits per heavy atom. The van der Waals surface area contributed by atoms with Gasteiger partial charge in [-0.1, -0.05) is 144 Å². The number of rotatable bonds is 4. The number of hydrogen-bond donors (Lipinski definition) is 0. The molecule has 2 unspecified atom stereocenters. The van der Waals surface area contributed by atoms with E-state index in [0.717, 1.165) is 68.1 Å². The number of furan rings is 2. The van der Waals surface area contributed by atoms with E-state index in [1.165, 1.54) is 91.2 Å². The van der Waals surface area contributed by atoms with Gasteiger partial charge in [0.25, 0.3) is 6.71 Å². The Bertz CT molecular complexity index is 4120. The largest absolute Gasteiger partial charge is 0.456 e. The molecule has 2 aromatic heterocycles. The second-order valence-electron chi connectivity index (χ2n) is 22.9. The Kier molecular flexibility index (Phi) is 8.80. The van der Waals surface area contributed by atoms with Gasteiger partial charge in [0.15, 0.2) is 5.58 Å². The summed E-state index contributed by atoms with van der Waals surface area (Å²) >= 11 is 0. The highest BCUT2D eigenvalue weighted by molar-refractivity contribution is 7.00. The van der Waals surface area contributed by atoms with E-state index < -0.39 is 0 Å². The summed E-state index contributed by atoms with van der Waals surface area (Å²) in [7, 11) is 0. The summed E-state index contributed by atoms with van der Waals surface area (Å²) in [6.07, 6.45) is 4.71. The predicted octanol–water partition coefficient (Wildman–Crippen LogP) is 16.6. The molecule has 1 saturated carbocycles. The molecule has 0 saturated heterocycles. The van der Waals surface area contributed by atoms with Gasteiger partial charge in [0.1, 0.15) is 16.7 Å². The van der Waals surface area contributed by atoms with Gasteiger partial charge in [0, 0.05) is 66.8 Å². The zero-order chi connectivity index (χ0) is 49.1. The van der Waals surface area contributed by atoms with Crippen LogP contribution in [-0.2, 0) is 10.8 Å². The molecule has 0 amide bonds. The van der Waals surface area contributed by atoms with Crippen molar-refractivity contribution in [2.45, 2.75) is 83.6 Å². The number of anilines is 8. The minimum Gasteiger partial charge on any atom is -0.456 e. The van der Waals surface area contributed by atoms with Gasteiger partial charge in [-0.25, -0.2) is 0 Å². The fraction of sp³-hybridized carbons (Fsp3) is 0.194. The monoisotopic (exact) mass is 945 g/mol. The van der Waals surface area contributed by atoms with Crippen molar-refractivity contribution >= 4 is 112 Å². The molecule has 5 heterocycles. The van der Waals surface area contributed by atoms with E-state index in [1.54, 1.807) is 0 Å². The molecule has 0 bridgehead atoms. The normalized spacial score (nSPS) is 18.9. The predicted molar refractivity (Wildman–Crippen MR) is 307 cm³/mol. The molecular weight excluding hydrogens is 890 g/mol. The summed E-state index contributed by atoms with van der Waals surface area (Å²) in [6, 6.07) is 68.2. The van der Waals surface area contributed by atoms with Gasteiger partial charge < -0.3 is 23.5 Å². The number of benzene rings is 9. The minimum absolute atomic E-state index is 0.0399. The molecular formula is C67H56BN3O2. The SMILES string of the molecule is Cc1cc2c3c(c1)N(c1cccc4c1oc1ccccc14)c1cc(N4c5ccc(-c6ccccc6)cc5C5(C)CCCCC45C)ccc1B3c1ccc(C(C)(C)C)cc1N2c1ccc2oc3ccccc3c2c1. The van der Waals surface area contributed by atoms with Crippen LogP contribution >= 0.6 is 0 Å². The lowest BCUT2D eigenvalue weighted by molar-refractivity contribution is 0.195. The topological polar surface area (TPSA) is 36.0 Å². The van der Waals surface area contributed by atoms with Gasteiger partial charge in [-0.2, -0.15) is 0 Å². The first-order valence-electron chi connectivity index (χ1n) is 26.3. The molecule has 0 N–H and O–H groups in total. The van der Waals surface area contributed by atoms with E-state index in [4.69, 9.17) is 8.83 Å². The molecule has 3 aliphatic heterocycles. The smallest absolute Gasteiger partial charge is 0.252 e. The molecule has 5 nitrogen and oxygen atoms in total. The quantitative estimate of drug-likeness (QED) is 0.164. The minimum atomic E-state index is -0.139. The molecule has 1 fully saturated rings. The third kappa shape index (κ3) is 5.92. The molecule has 1 aliphatic carbocycles. The van der Waals surface area contributed by atoms with Crippen LogP contribution in [0.25, 0.3) is 55.0 Å². The molecule has 11 aromatic rings. The fourth-order valence-electron chi connectivity index (χ4n) is 14.0. The molecule has 0 radical (unpaired) electrons. The summed E-state index contributed by atoms with van der Waals surface area (Å²) in [6.45, 7) is 14.3. The maximum Gasteiger partial charge on any atom is 0.252 e. The van der Waals surface area contributed by atoms with Gasteiger partial charge in [-0.3, -0.25) is 0 Å². The highest BCUT2D eigenvalue weighted by Gasteiger charge is 2.58. The van der Waals surface area contributed by atoms with Crippen LogP contribution in [0.1, 0.15) is 77.0 Å². The van der Waals surface area contributed by atoms with Crippen molar-refractivity contribution in [1.82, 2.24) is 0 Å². The van der Waals surface area contributed by atoms with E-state index in [-0.39, 0.29) is 23.1 Å². The zero-order valence-corrected chi connectivity index (χ0v) is 42.4. The van der Waals surface area contributed by atoms with E-state index in [9.17, 15) is 0 Å². The highest BCUT2D eigenvalue weighted by atomic mass is 16.3. The highest BCUT2D eigenvalue weighted by Crippen LogP contribution is 2.62. The lowest BCUT2D eigenvalue weighted by Crippen LogP contribution is -2.61. The van der Waals surface area contributed by atoms with Crippen molar-refractivity contribution in [3.05, 3.63) is 199 Å². The number of nitrogens with zero attached hydrogens (tertiary/aromatic N) is 3. The lowest BCUT2D eigenvalue weighted by atomic mass is 9.33. The molecule has 4 aliphatic rings.